The Morgan fingerprint density at radius 2 is 1.85 bits per heavy atom. The second-order valence-corrected chi connectivity index (χ2v) is 8.04. The van der Waals surface area contributed by atoms with Crippen LogP contribution in [-0.4, -0.2) is 40.8 Å². The highest BCUT2D eigenvalue weighted by Crippen LogP contribution is 2.15. The number of nitrogens with zero attached hydrogens (tertiary/aromatic N) is 1. The van der Waals surface area contributed by atoms with Gasteiger partial charge in [0.2, 0.25) is 0 Å². The molecule has 0 bridgehead atoms. The molecule has 0 aliphatic carbocycles. The van der Waals surface area contributed by atoms with Gasteiger partial charge in [0, 0.05) is 19.8 Å². The molecule has 0 aliphatic rings. The van der Waals surface area contributed by atoms with Gasteiger partial charge in [0.1, 0.15) is 18.2 Å². The summed E-state index contributed by atoms with van der Waals surface area (Å²) in [6.45, 7) is 3.04. The van der Waals surface area contributed by atoms with Gasteiger partial charge in [-0.05, 0) is 48.4 Å². The molecular formula is C19H24FN3O3S. The van der Waals surface area contributed by atoms with Gasteiger partial charge >= 0.3 is 0 Å². The molecule has 0 aromatic heterocycles. The molecule has 2 N–H and O–H groups in total. The minimum atomic E-state index is -3.21. The van der Waals surface area contributed by atoms with Gasteiger partial charge in [-0.15, -0.1) is 0 Å². The van der Waals surface area contributed by atoms with Crippen molar-refractivity contribution in [1.29, 1.82) is 0 Å². The summed E-state index contributed by atoms with van der Waals surface area (Å²) in [6.07, 6.45) is 1.16. The summed E-state index contributed by atoms with van der Waals surface area (Å²) in [7, 11) is -1.56. The maximum atomic E-state index is 13.6. The van der Waals surface area contributed by atoms with E-state index in [0.717, 1.165) is 11.8 Å². The molecular weight excluding hydrogens is 369 g/mol. The van der Waals surface area contributed by atoms with Crippen LogP contribution in [0.2, 0.25) is 0 Å². The molecule has 0 amide bonds. The van der Waals surface area contributed by atoms with E-state index in [1.807, 2.05) is 6.07 Å². The van der Waals surface area contributed by atoms with Crippen molar-refractivity contribution in [3.05, 3.63) is 59.4 Å². The molecule has 2 aromatic carbocycles. The van der Waals surface area contributed by atoms with E-state index in [1.54, 1.807) is 32.2 Å². The molecule has 0 radical (unpaired) electrons. The van der Waals surface area contributed by atoms with Crippen LogP contribution in [0.1, 0.15) is 11.1 Å². The molecule has 27 heavy (non-hydrogen) atoms. The Kier molecular flexibility index (Phi) is 7.18. The van der Waals surface area contributed by atoms with E-state index in [-0.39, 0.29) is 10.7 Å². The van der Waals surface area contributed by atoms with Gasteiger partial charge in [0.15, 0.2) is 15.8 Å². The number of halogens is 1. The lowest BCUT2D eigenvalue weighted by Crippen LogP contribution is -2.38. The maximum absolute atomic E-state index is 13.6. The molecule has 146 valence electrons. The largest absolute Gasteiger partial charge is 0.492 e. The predicted octanol–water partition coefficient (Wildman–Crippen LogP) is 2.28. The fraction of sp³-hybridized carbons (Fsp3) is 0.316. The van der Waals surface area contributed by atoms with Crippen LogP contribution in [0.4, 0.5) is 4.39 Å². The van der Waals surface area contributed by atoms with Gasteiger partial charge in [-0.1, -0.05) is 12.1 Å². The Morgan fingerprint density at radius 3 is 2.44 bits per heavy atom. The van der Waals surface area contributed by atoms with Crippen LogP contribution < -0.4 is 15.4 Å². The molecule has 0 saturated heterocycles. The van der Waals surface area contributed by atoms with Gasteiger partial charge in [0.05, 0.1) is 11.4 Å². The Bertz CT molecular complexity index is 897. The Hall–Kier alpha value is -2.61. The zero-order chi connectivity index (χ0) is 19.9. The van der Waals surface area contributed by atoms with Crippen molar-refractivity contribution in [2.45, 2.75) is 18.4 Å². The average molecular weight is 393 g/mol. The van der Waals surface area contributed by atoms with E-state index < -0.39 is 9.84 Å². The topological polar surface area (TPSA) is 79.8 Å². The number of nitrogens with one attached hydrogen (secondary N) is 2. The average Bonchev–Trinajstić information content (AvgIpc) is 2.63. The summed E-state index contributed by atoms with van der Waals surface area (Å²) in [5.74, 6) is 0.932. The number of ether oxygens (including phenoxy) is 1. The summed E-state index contributed by atoms with van der Waals surface area (Å²) >= 11 is 0. The number of hydrogen-bond donors (Lipinski definition) is 2. The van der Waals surface area contributed by atoms with Crippen molar-refractivity contribution in [1.82, 2.24) is 10.6 Å². The maximum Gasteiger partial charge on any atom is 0.191 e. The number of aryl methyl sites for hydroxylation is 1. The van der Waals surface area contributed by atoms with Crippen molar-refractivity contribution < 1.29 is 17.5 Å². The van der Waals surface area contributed by atoms with Crippen LogP contribution in [0.15, 0.2) is 52.4 Å². The van der Waals surface area contributed by atoms with E-state index >= 15 is 0 Å². The van der Waals surface area contributed by atoms with Crippen LogP contribution >= 0.6 is 0 Å². The highest BCUT2D eigenvalue weighted by atomic mass is 32.2. The first-order valence-electron chi connectivity index (χ1n) is 8.42. The lowest BCUT2D eigenvalue weighted by molar-refractivity contribution is 0.321. The minimum Gasteiger partial charge on any atom is -0.492 e. The van der Waals surface area contributed by atoms with Gasteiger partial charge in [-0.3, -0.25) is 4.99 Å². The van der Waals surface area contributed by atoms with Gasteiger partial charge in [0.25, 0.3) is 0 Å². The van der Waals surface area contributed by atoms with E-state index in [2.05, 4.69) is 15.6 Å². The standard InChI is InChI=1S/C19H24FN3O3S/c1-14-4-5-15(12-18(14)20)13-23-19(21-2)22-10-11-26-16-6-8-17(9-7-16)27(3,24)25/h4-9,12H,10-11,13H2,1-3H3,(H2,21,22,23). The van der Waals surface area contributed by atoms with E-state index in [0.29, 0.717) is 37.0 Å². The van der Waals surface area contributed by atoms with Crippen LogP contribution in [-0.2, 0) is 16.4 Å². The second kappa shape index (κ2) is 9.36. The highest BCUT2D eigenvalue weighted by Gasteiger charge is 2.06. The predicted molar refractivity (Wildman–Crippen MR) is 104 cm³/mol. The summed E-state index contributed by atoms with van der Waals surface area (Å²) < 4.78 is 42.0. The molecule has 8 heteroatoms. The van der Waals surface area contributed by atoms with Crippen molar-refractivity contribution in [2.75, 3.05) is 26.5 Å². The lowest BCUT2D eigenvalue weighted by atomic mass is 10.1. The second-order valence-electron chi connectivity index (χ2n) is 6.03. The zero-order valence-corrected chi connectivity index (χ0v) is 16.4. The normalized spacial score (nSPS) is 11.9. The number of guanidine groups is 1. The molecule has 0 saturated carbocycles. The quantitative estimate of drug-likeness (QED) is 0.429. The van der Waals surface area contributed by atoms with Gasteiger partial charge in [-0.25, -0.2) is 12.8 Å². The Morgan fingerprint density at radius 1 is 1.15 bits per heavy atom. The number of aliphatic imine (C=N–C) groups is 1. The van der Waals surface area contributed by atoms with E-state index in [4.69, 9.17) is 4.74 Å². The molecule has 0 spiro atoms. The molecule has 0 atom stereocenters. The summed E-state index contributed by atoms with van der Waals surface area (Å²) in [6, 6.07) is 11.4. The molecule has 0 fully saturated rings. The number of rotatable bonds is 7. The summed E-state index contributed by atoms with van der Waals surface area (Å²) in [5, 5.41) is 6.20. The molecule has 0 unspecified atom stereocenters. The van der Waals surface area contributed by atoms with Crippen molar-refractivity contribution >= 4 is 15.8 Å². The van der Waals surface area contributed by atoms with Gasteiger partial charge in [-0.2, -0.15) is 0 Å². The van der Waals surface area contributed by atoms with Gasteiger partial charge < -0.3 is 15.4 Å². The monoisotopic (exact) mass is 393 g/mol. The van der Waals surface area contributed by atoms with Crippen molar-refractivity contribution in [2.24, 2.45) is 4.99 Å². The van der Waals surface area contributed by atoms with Crippen LogP contribution in [0.5, 0.6) is 5.75 Å². The number of benzene rings is 2. The first-order chi connectivity index (χ1) is 12.8. The zero-order valence-electron chi connectivity index (χ0n) is 15.6. The van der Waals surface area contributed by atoms with Crippen molar-refractivity contribution in [3.63, 3.8) is 0 Å². The SMILES string of the molecule is CN=C(NCCOc1ccc(S(C)(=O)=O)cc1)NCc1ccc(C)c(F)c1. The van der Waals surface area contributed by atoms with Crippen LogP contribution in [0.3, 0.4) is 0 Å². The molecule has 0 aliphatic heterocycles. The number of sulfone groups is 1. The third-order valence-corrected chi connectivity index (χ3v) is 4.96. The highest BCUT2D eigenvalue weighted by molar-refractivity contribution is 7.90. The smallest absolute Gasteiger partial charge is 0.191 e. The molecule has 2 aromatic rings. The van der Waals surface area contributed by atoms with Crippen molar-refractivity contribution in [3.8, 4) is 5.75 Å². The molecule has 2 rings (SSSR count). The summed E-state index contributed by atoms with van der Waals surface area (Å²) in [5.41, 5.74) is 1.44. The first kappa shape index (κ1) is 20.7. The minimum absolute atomic E-state index is 0.229. The summed E-state index contributed by atoms with van der Waals surface area (Å²) in [4.78, 5) is 4.36. The fourth-order valence-electron chi connectivity index (χ4n) is 2.27. The van der Waals surface area contributed by atoms with E-state index in [9.17, 15) is 12.8 Å². The number of hydrogen-bond acceptors (Lipinski definition) is 4. The Labute approximate surface area is 159 Å². The van der Waals surface area contributed by atoms with Crippen LogP contribution in [0, 0.1) is 12.7 Å². The third kappa shape index (κ3) is 6.56. The first-order valence-corrected chi connectivity index (χ1v) is 10.3. The fourth-order valence-corrected chi connectivity index (χ4v) is 2.90. The molecule has 6 nitrogen and oxygen atoms in total. The Balaban J connectivity index is 1.75. The molecule has 0 heterocycles. The third-order valence-electron chi connectivity index (χ3n) is 3.83. The van der Waals surface area contributed by atoms with Crippen LogP contribution in [0.25, 0.3) is 0 Å². The van der Waals surface area contributed by atoms with E-state index in [1.165, 1.54) is 18.2 Å². The lowest BCUT2D eigenvalue weighted by Gasteiger charge is -2.13.